The van der Waals surface area contributed by atoms with Crippen LogP contribution in [0.4, 0.5) is 5.69 Å². The third-order valence-corrected chi connectivity index (χ3v) is 7.31. The number of fused-ring (bicyclic) bond motifs is 1. The summed E-state index contributed by atoms with van der Waals surface area (Å²) in [6.07, 6.45) is 1.49. The normalized spacial score (nSPS) is 14.9. The Morgan fingerprint density at radius 3 is 2.54 bits per heavy atom. The number of nitrogens with one attached hydrogen (secondary N) is 1. The standard InChI is InChI=1S/C29H25N3O6S/c1-16-25(27(35)31-18-7-5-4-6-8-18)26(21-11-10-20(37-2)15-23(21)38-3)32-28(36)24(39-29(32)30-16)14-17-13-19(33)9-12-22(17)34/h4-15,26,33-34H,1-3H3,(H,31,35)/b24-14-/t26-/m1/s1. The SMILES string of the molecule is COc1ccc([C@@H]2C(C(=O)Nc3ccccc3)=C(C)N=c3s/c(=C\c4cc(O)ccc4O)c(=O)n32)c(OC)c1. The van der Waals surface area contributed by atoms with Crippen LogP contribution < -0.4 is 29.7 Å². The highest BCUT2D eigenvalue weighted by Crippen LogP contribution is 2.37. The minimum absolute atomic E-state index is 0.0524. The topological polar surface area (TPSA) is 122 Å². The van der Waals surface area contributed by atoms with Gasteiger partial charge in [-0.15, -0.1) is 0 Å². The molecule has 5 rings (SSSR count). The van der Waals surface area contributed by atoms with Gasteiger partial charge in [-0.3, -0.25) is 14.2 Å². The molecule has 0 spiro atoms. The summed E-state index contributed by atoms with van der Waals surface area (Å²) in [5.74, 6) is 0.428. The first-order chi connectivity index (χ1) is 18.8. The van der Waals surface area contributed by atoms with E-state index in [4.69, 9.17) is 9.47 Å². The number of methoxy groups -OCH3 is 2. The molecule has 10 heteroatoms. The molecule has 0 saturated carbocycles. The third kappa shape index (κ3) is 4.89. The van der Waals surface area contributed by atoms with Crippen LogP contribution >= 0.6 is 11.3 Å². The largest absolute Gasteiger partial charge is 0.508 e. The summed E-state index contributed by atoms with van der Waals surface area (Å²) in [6.45, 7) is 1.72. The van der Waals surface area contributed by atoms with Crippen LogP contribution in [0.15, 0.2) is 87.8 Å². The zero-order chi connectivity index (χ0) is 27.7. The van der Waals surface area contributed by atoms with E-state index in [0.717, 1.165) is 11.3 Å². The number of nitrogens with zero attached hydrogens (tertiary/aromatic N) is 2. The zero-order valence-electron chi connectivity index (χ0n) is 21.3. The fourth-order valence-electron chi connectivity index (χ4n) is 4.47. The number of aromatic nitrogens is 1. The number of anilines is 1. The number of phenolic OH excluding ortho intramolecular Hbond substituents is 2. The van der Waals surface area contributed by atoms with Gasteiger partial charge in [-0.2, -0.15) is 0 Å². The number of aromatic hydroxyl groups is 2. The van der Waals surface area contributed by atoms with E-state index in [2.05, 4.69) is 10.3 Å². The molecule has 1 aliphatic heterocycles. The van der Waals surface area contributed by atoms with E-state index in [0.29, 0.717) is 33.2 Å². The lowest BCUT2D eigenvalue weighted by Gasteiger charge is -2.26. The Morgan fingerprint density at radius 1 is 1.05 bits per heavy atom. The Morgan fingerprint density at radius 2 is 1.82 bits per heavy atom. The molecule has 39 heavy (non-hydrogen) atoms. The molecule has 2 heterocycles. The van der Waals surface area contributed by atoms with Crippen molar-refractivity contribution in [2.45, 2.75) is 13.0 Å². The van der Waals surface area contributed by atoms with Crippen molar-refractivity contribution in [2.24, 2.45) is 4.99 Å². The number of carbonyl (C=O) groups excluding carboxylic acids is 1. The van der Waals surface area contributed by atoms with Gasteiger partial charge in [0, 0.05) is 22.9 Å². The van der Waals surface area contributed by atoms with E-state index in [1.54, 1.807) is 37.3 Å². The molecule has 1 amide bonds. The second-order valence-electron chi connectivity index (χ2n) is 8.75. The third-order valence-electron chi connectivity index (χ3n) is 6.33. The minimum Gasteiger partial charge on any atom is -0.508 e. The van der Waals surface area contributed by atoms with Crippen LogP contribution in [0.3, 0.4) is 0 Å². The van der Waals surface area contributed by atoms with E-state index in [9.17, 15) is 19.8 Å². The zero-order valence-corrected chi connectivity index (χ0v) is 22.2. The Bertz CT molecular complexity index is 1790. The molecule has 0 bridgehead atoms. The second-order valence-corrected chi connectivity index (χ2v) is 9.76. The van der Waals surface area contributed by atoms with Gasteiger partial charge in [0.2, 0.25) is 0 Å². The highest BCUT2D eigenvalue weighted by atomic mass is 32.1. The summed E-state index contributed by atoms with van der Waals surface area (Å²) < 4.78 is 12.7. The van der Waals surface area contributed by atoms with Crippen molar-refractivity contribution in [2.75, 3.05) is 19.5 Å². The molecule has 9 nitrogen and oxygen atoms in total. The monoisotopic (exact) mass is 543 g/mol. The number of thiazole rings is 1. The number of hydrogen-bond acceptors (Lipinski definition) is 8. The Balaban J connectivity index is 1.74. The molecular formula is C29H25N3O6S. The first kappa shape index (κ1) is 25.8. The molecule has 0 fully saturated rings. The van der Waals surface area contributed by atoms with E-state index < -0.39 is 17.5 Å². The molecule has 0 aliphatic carbocycles. The van der Waals surface area contributed by atoms with E-state index in [-0.39, 0.29) is 27.2 Å². The lowest BCUT2D eigenvalue weighted by atomic mass is 9.94. The number of amides is 1. The van der Waals surface area contributed by atoms with E-state index in [1.807, 2.05) is 18.2 Å². The van der Waals surface area contributed by atoms with Crippen molar-refractivity contribution < 1.29 is 24.5 Å². The Kier molecular flexibility index (Phi) is 6.95. The van der Waals surface area contributed by atoms with Crippen molar-refractivity contribution in [3.63, 3.8) is 0 Å². The molecule has 0 saturated heterocycles. The van der Waals surface area contributed by atoms with Gasteiger partial charge in [0.25, 0.3) is 11.5 Å². The molecule has 1 atom stereocenters. The number of para-hydroxylation sites is 1. The first-order valence-corrected chi connectivity index (χ1v) is 12.7. The van der Waals surface area contributed by atoms with Crippen LogP contribution in [0.5, 0.6) is 23.0 Å². The van der Waals surface area contributed by atoms with Crippen molar-refractivity contribution >= 4 is 29.0 Å². The average Bonchev–Trinajstić information content (AvgIpc) is 3.24. The number of rotatable bonds is 6. The smallest absolute Gasteiger partial charge is 0.271 e. The first-order valence-electron chi connectivity index (χ1n) is 11.9. The summed E-state index contributed by atoms with van der Waals surface area (Å²) in [7, 11) is 3.05. The lowest BCUT2D eigenvalue weighted by Crippen LogP contribution is -2.40. The number of phenols is 2. The maximum Gasteiger partial charge on any atom is 0.271 e. The van der Waals surface area contributed by atoms with Gasteiger partial charge >= 0.3 is 0 Å². The van der Waals surface area contributed by atoms with Crippen LogP contribution in [0.1, 0.15) is 24.1 Å². The number of hydrogen-bond donors (Lipinski definition) is 3. The molecular weight excluding hydrogens is 518 g/mol. The second kappa shape index (κ2) is 10.5. The van der Waals surface area contributed by atoms with Crippen molar-refractivity contribution in [1.82, 2.24) is 4.57 Å². The molecule has 3 N–H and O–H groups in total. The van der Waals surface area contributed by atoms with Crippen LogP contribution in [0.2, 0.25) is 0 Å². The fraction of sp³-hybridized carbons (Fsp3) is 0.138. The van der Waals surface area contributed by atoms with Gasteiger partial charge in [0.05, 0.1) is 30.0 Å². The Hall–Kier alpha value is -4.83. The number of carbonyl (C=O) groups is 1. The number of ether oxygens (including phenoxy) is 2. The van der Waals surface area contributed by atoms with Gasteiger partial charge < -0.3 is 25.0 Å². The van der Waals surface area contributed by atoms with Gasteiger partial charge in [-0.05, 0) is 55.5 Å². The lowest BCUT2D eigenvalue weighted by molar-refractivity contribution is -0.113. The van der Waals surface area contributed by atoms with Gasteiger partial charge in [0.15, 0.2) is 4.80 Å². The van der Waals surface area contributed by atoms with E-state index >= 15 is 0 Å². The van der Waals surface area contributed by atoms with Crippen molar-refractivity contribution in [3.05, 3.63) is 109 Å². The summed E-state index contributed by atoms with van der Waals surface area (Å²) >= 11 is 1.12. The maximum absolute atomic E-state index is 13.9. The average molecular weight is 544 g/mol. The number of benzene rings is 3. The summed E-state index contributed by atoms with van der Waals surface area (Å²) in [6, 6.07) is 17.4. The van der Waals surface area contributed by atoms with Crippen molar-refractivity contribution in [3.8, 4) is 23.0 Å². The van der Waals surface area contributed by atoms with E-state index in [1.165, 1.54) is 43.1 Å². The number of allylic oxidation sites excluding steroid dienone is 1. The van der Waals surface area contributed by atoms with Crippen LogP contribution in [0.25, 0.3) is 6.08 Å². The predicted octanol–water partition coefficient (Wildman–Crippen LogP) is 3.30. The molecule has 3 aromatic carbocycles. The Labute approximate surface area is 227 Å². The van der Waals surface area contributed by atoms with Crippen LogP contribution in [-0.4, -0.2) is 34.9 Å². The molecule has 0 unspecified atom stereocenters. The quantitative estimate of drug-likeness (QED) is 0.321. The maximum atomic E-state index is 13.9. The highest BCUT2D eigenvalue weighted by molar-refractivity contribution is 7.07. The van der Waals surface area contributed by atoms with Crippen LogP contribution in [0, 0.1) is 0 Å². The predicted molar refractivity (Wildman–Crippen MR) is 148 cm³/mol. The molecule has 4 aromatic rings. The van der Waals surface area contributed by atoms with Crippen molar-refractivity contribution in [1.29, 1.82) is 0 Å². The summed E-state index contributed by atoms with van der Waals surface area (Å²) in [5.41, 5.74) is 1.75. The summed E-state index contributed by atoms with van der Waals surface area (Å²) in [5, 5.41) is 23.1. The summed E-state index contributed by atoms with van der Waals surface area (Å²) in [4.78, 5) is 32.6. The molecule has 198 valence electrons. The highest BCUT2D eigenvalue weighted by Gasteiger charge is 2.34. The molecule has 1 aromatic heterocycles. The fourth-order valence-corrected chi connectivity index (χ4v) is 5.51. The molecule has 1 aliphatic rings. The minimum atomic E-state index is -0.870. The van der Waals surface area contributed by atoms with Gasteiger partial charge in [-0.25, -0.2) is 4.99 Å². The molecule has 0 radical (unpaired) electrons. The van der Waals surface area contributed by atoms with Crippen LogP contribution in [-0.2, 0) is 4.79 Å². The van der Waals surface area contributed by atoms with Gasteiger partial charge in [0.1, 0.15) is 29.0 Å². The van der Waals surface area contributed by atoms with Gasteiger partial charge in [-0.1, -0.05) is 29.5 Å².